The smallest absolute Gasteiger partial charge is 0.259 e. The van der Waals surface area contributed by atoms with E-state index in [1.54, 1.807) is 0 Å². The van der Waals surface area contributed by atoms with Gasteiger partial charge in [-0.1, -0.05) is 38.0 Å². The van der Waals surface area contributed by atoms with E-state index in [-0.39, 0.29) is 23.7 Å². The molecule has 1 aliphatic rings. The van der Waals surface area contributed by atoms with E-state index in [0.29, 0.717) is 35.3 Å². The average molecular weight is 346 g/mol. The highest BCUT2D eigenvalue weighted by atomic mass is 16.5. The van der Waals surface area contributed by atoms with Crippen molar-refractivity contribution in [3.63, 3.8) is 0 Å². The third-order valence-electron chi connectivity index (χ3n) is 4.65. The summed E-state index contributed by atoms with van der Waals surface area (Å²) in [6, 6.07) is 0. The zero-order chi connectivity index (χ0) is 18.1. The lowest BCUT2D eigenvalue weighted by Crippen LogP contribution is -2.40. The van der Waals surface area contributed by atoms with Gasteiger partial charge in [-0.15, -0.1) is 0 Å². The molecule has 136 valence electrons. The van der Waals surface area contributed by atoms with Crippen LogP contribution in [0.5, 0.6) is 0 Å². The number of piperidine rings is 1. The van der Waals surface area contributed by atoms with Crippen LogP contribution in [-0.4, -0.2) is 39.2 Å². The van der Waals surface area contributed by atoms with Gasteiger partial charge in [-0.05, 0) is 19.8 Å². The van der Waals surface area contributed by atoms with Gasteiger partial charge in [0.15, 0.2) is 11.6 Å². The predicted octanol–water partition coefficient (Wildman–Crippen LogP) is 3.63. The second-order valence-corrected chi connectivity index (χ2v) is 7.40. The summed E-state index contributed by atoms with van der Waals surface area (Å²) >= 11 is 0. The Morgan fingerprint density at radius 3 is 2.56 bits per heavy atom. The molecule has 0 spiro atoms. The van der Waals surface area contributed by atoms with Crippen molar-refractivity contribution < 1.29 is 13.8 Å². The van der Waals surface area contributed by atoms with E-state index >= 15 is 0 Å². The van der Waals surface area contributed by atoms with Crippen LogP contribution in [0.25, 0.3) is 0 Å². The van der Waals surface area contributed by atoms with Crippen LogP contribution in [0.1, 0.15) is 91.8 Å². The topological polar surface area (TPSA) is 85.3 Å². The van der Waals surface area contributed by atoms with Gasteiger partial charge in [0.25, 0.3) is 5.91 Å². The maximum atomic E-state index is 13.1. The second-order valence-electron chi connectivity index (χ2n) is 7.40. The van der Waals surface area contributed by atoms with Gasteiger partial charge >= 0.3 is 0 Å². The van der Waals surface area contributed by atoms with Gasteiger partial charge in [-0.3, -0.25) is 4.79 Å². The Morgan fingerprint density at radius 2 is 1.92 bits per heavy atom. The zero-order valence-corrected chi connectivity index (χ0v) is 15.6. The third kappa shape index (κ3) is 3.45. The minimum atomic E-state index is -0.0141. The molecule has 7 heteroatoms. The van der Waals surface area contributed by atoms with Crippen LogP contribution >= 0.6 is 0 Å². The summed E-state index contributed by atoms with van der Waals surface area (Å²) in [4.78, 5) is 19.4. The first kappa shape index (κ1) is 17.6. The monoisotopic (exact) mass is 346 g/mol. The molecule has 1 fully saturated rings. The van der Waals surface area contributed by atoms with Crippen molar-refractivity contribution in [3.8, 4) is 0 Å². The number of aromatic nitrogens is 3. The van der Waals surface area contributed by atoms with Crippen molar-refractivity contribution in [2.75, 3.05) is 13.1 Å². The highest BCUT2D eigenvalue weighted by Crippen LogP contribution is 2.29. The largest absolute Gasteiger partial charge is 0.360 e. The number of hydrogen-bond donors (Lipinski definition) is 0. The molecule has 3 rings (SSSR count). The Morgan fingerprint density at radius 1 is 1.16 bits per heavy atom. The Balaban J connectivity index is 1.79. The third-order valence-corrected chi connectivity index (χ3v) is 4.65. The van der Waals surface area contributed by atoms with E-state index in [1.165, 1.54) is 0 Å². The van der Waals surface area contributed by atoms with Crippen LogP contribution < -0.4 is 0 Å². The molecule has 25 heavy (non-hydrogen) atoms. The minimum Gasteiger partial charge on any atom is -0.360 e. The van der Waals surface area contributed by atoms with Gasteiger partial charge in [0.1, 0.15) is 5.56 Å². The lowest BCUT2D eigenvalue weighted by atomic mass is 9.96. The highest BCUT2D eigenvalue weighted by molar-refractivity contribution is 5.96. The van der Waals surface area contributed by atoms with Crippen molar-refractivity contribution in [1.82, 2.24) is 20.2 Å². The number of hydrogen-bond acceptors (Lipinski definition) is 6. The van der Waals surface area contributed by atoms with Crippen molar-refractivity contribution in [1.29, 1.82) is 0 Å². The molecule has 3 heterocycles. The van der Waals surface area contributed by atoms with E-state index in [1.807, 2.05) is 39.5 Å². The molecule has 7 nitrogen and oxygen atoms in total. The van der Waals surface area contributed by atoms with Gasteiger partial charge in [-0.2, -0.15) is 4.98 Å². The lowest BCUT2D eigenvalue weighted by Gasteiger charge is -2.31. The molecule has 0 radical (unpaired) electrons. The SMILES string of the molecule is Cc1noc(C(C)C)c1C(=O)N1CCC[C@H](c2noc(C(C)C)n2)C1. The first-order valence-electron chi connectivity index (χ1n) is 8.97. The summed E-state index contributed by atoms with van der Waals surface area (Å²) in [7, 11) is 0. The predicted molar refractivity (Wildman–Crippen MR) is 91.6 cm³/mol. The maximum Gasteiger partial charge on any atom is 0.259 e. The minimum absolute atomic E-state index is 0.0141. The molecule has 2 aromatic heterocycles. The summed E-state index contributed by atoms with van der Waals surface area (Å²) in [5.41, 5.74) is 1.25. The Kier molecular flexibility index (Phi) is 4.92. The molecule has 0 aromatic carbocycles. The summed E-state index contributed by atoms with van der Waals surface area (Å²) in [6.07, 6.45) is 1.88. The normalized spacial score (nSPS) is 18.4. The summed E-state index contributed by atoms with van der Waals surface area (Å²) in [5, 5.41) is 8.12. The first-order chi connectivity index (χ1) is 11.9. The summed E-state index contributed by atoms with van der Waals surface area (Å²) in [5.74, 6) is 2.42. The van der Waals surface area contributed by atoms with E-state index < -0.39 is 0 Å². The number of rotatable bonds is 4. The van der Waals surface area contributed by atoms with Crippen LogP contribution in [0.2, 0.25) is 0 Å². The second kappa shape index (κ2) is 6.98. The van der Waals surface area contributed by atoms with Crippen molar-refractivity contribution >= 4 is 5.91 Å². The van der Waals surface area contributed by atoms with Crippen molar-refractivity contribution in [2.45, 2.75) is 65.2 Å². The van der Waals surface area contributed by atoms with Gasteiger partial charge in [0, 0.05) is 30.8 Å². The van der Waals surface area contributed by atoms with Crippen molar-refractivity contribution in [2.24, 2.45) is 0 Å². The van der Waals surface area contributed by atoms with E-state index in [9.17, 15) is 4.79 Å². The Hall–Kier alpha value is -2.18. The van der Waals surface area contributed by atoms with Gasteiger partial charge in [0.2, 0.25) is 5.89 Å². The number of carbonyl (C=O) groups excluding carboxylic acids is 1. The Bertz CT molecular complexity index is 747. The molecule has 1 atom stereocenters. The Labute approximate surface area is 147 Å². The van der Waals surface area contributed by atoms with Gasteiger partial charge < -0.3 is 13.9 Å². The molecular formula is C18H26N4O3. The summed E-state index contributed by atoms with van der Waals surface area (Å²) in [6.45, 7) is 11.2. The molecule has 0 bridgehead atoms. The average Bonchev–Trinajstić information content (AvgIpc) is 3.21. The fourth-order valence-electron chi connectivity index (χ4n) is 3.22. The molecule has 0 aliphatic carbocycles. The first-order valence-corrected chi connectivity index (χ1v) is 8.97. The number of nitrogens with zero attached hydrogens (tertiary/aromatic N) is 4. The lowest BCUT2D eigenvalue weighted by molar-refractivity contribution is 0.0700. The molecular weight excluding hydrogens is 320 g/mol. The van der Waals surface area contributed by atoms with E-state index in [2.05, 4.69) is 15.3 Å². The zero-order valence-electron chi connectivity index (χ0n) is 15.6. The van der Waals surface area contributed by atoms with Crippen LogP contribution in [-0.2, 0) is 0 Å². The molecule has 1 amide bonds. The van der Waals surface area contributed by atoms with Crippen LogP contribution in [0.15, 0.2) is 9.05 Å². The number of likely N-dealkylation sites (tertiary alicyclic amines) is 1. The van der Waals surface area contributed by atoms with E-state index in [4.69, 9.17) is 9.05 Å². The number of aryl methyl sites for hydroxylation is 1. The van der Waals surface area contributed by atoms with E-state index in [0.717, 1.165) is 19.4 Å². The quantitative estimate of drug-likeness (QED) is 0.840. The number of amides is 1. The molecule has 0 saturated carbocycles. The standard InChI is InChI=1S/C18H26N4O3/c1-10(2)15-14(12(5)20-24-15)18(23)22-8-6-7-13(9-22)16-19-17(11(3)4)25-21-16/h10-11,13H,6-9H2,1-5H3/t13-/m0/s1. The molecule has 0 N–H and O–H groups in total. The van der Waals surface area contributed by atoms with Crippen molar-refractivity contribution in [3.05, 3.63) is 28.7 Å². The highest BCUT2D eigenvalue weighted by Gasteiger charge is 2.32. The molecule has 1 saturated heterocycles. The molecule has 1 aliphatic heterocycles. The fraction of sp³-hybridized carbons (Fsp3) is 0.667. The molecule has 2 aromatic rings. The van der Waals surface area contributed by atoms with Gasteiger partial charge in [-0.25, -0.2) is 0 Å². The van der Waals surface area contributed by atoms with Crippen LogP contribution in [0.4, 0.5) is 0 Å². The summed E-state index contributed by atoms with van der Waals surface area (Å²) < 4.78 is 10.7. The maximum absolute atomic E-state index is 13.1. The van der Waals surface area contributed by atoms with Gasteiger partial charge in [0.05, 0.1) is 5.69 Å². The fourth-order valence-corrected chi connectivity index (χ4v) is 3.22. The van der Waals surface area contributed by atoms with Crippen LogP contribution in [0, 0.1) is 6.92 Å². The van der Waals surface area contributed by atoms with Crippen LogP contribution in [0.3, 0.4) is 0 Å². The number of carbonyl (C=O) groups is 1. The molecule has 0 unspecified atom stereocenters.